The summed E-state index contributed by atoms with van der Waals surface area (Å²) in [6.45, 7) is 4.41. The molecule has 0 radical (unpaired) electrons. The number of carbonyl (C=O) groups is 2. The summed E-state index contributed by atoms with van der Waals surface area (Å²) in [6.07, 6.45) is 0. The molecular formula is C19H20BrFN2O5S. The second-order valence-corrected chi connectivity index (χ2v) is 9.07. The third-order valence-corrected chi connectivity index (χ3v) is 6.01. The summed E-state index contributed by atoms with van der Waals surface area (Å²) in [5.41, 5.74) is 0.857. The lowest BCUT2D eigenvalue weighted by Gasteiger charge is -2.12. The number of rotatable bonds is 7. The van der Waals surface area contributed by atoms with Gasteiger partial charge < -0.3 is 10.1 Å². The number of halogens is 2. The Morgan fingerprint density at radius 1 is 1.17 bits per heavy atom. The lowest BCUT2D eigenvalue weighted by atomic mass is 10.2. The Labute approximate surface area is 176 Å². The molecule has 29 heavy (non-hydrogen) atoms. The van der Waals surface area contributed by atoms with E-state index in [2.05, 4.69) is 26.0 Å². The number of carbonyl (C=O) groups excluding carboxylic acids is 2. The lowest BCUT2D eigenvalue weighted by molar-refractivity contribution is -0.119. The van der Waals surface area contributed by atoms with Gasteiger partial charge in [-0.3, -0.25) is 4.79 Å². The summed E-state index contributed by atoms with van der Waals surface area (Å²) in [5, 5.41) is 2.46. The smallest absolute Gasteiger partial charge is 0.339 e. The van der Waals surface area contributed by atoms with E-state index >= 15 is 0 Å². The van der Waals surface area contributed by atoms with Crippen molar-refractivity contribution in [1.29, 1.82) is 0 Å². The monoisotopic (exact) mass is 486 g/mol. The van der Waals surface area contributed by atoms with Crippen LogP contribution in [0.5, 0.6) is 0 Å². The molecule has 0 aromatic heterocycles. The number of sulfonamides is 1. The fraction of sp³-hybridized carbons (Fsp3) is 0.263. The van der Waals surface area contributed by atoms with Crippen LogP contribution in [0.4, 0.5) is 10.1 Å². The second-order valence-electron chi connectivity index (χ2n) is 6.50. The topological polar surface area (TPSA) is 102 Å². The first kappa shape index (κ1) is 23.0. The van der Waals surface area contributed by atoms with Crippen LogP contribution in [0.2, 0.25) is 0 Å². The minimum atomic E-state index is -3.81. The van der Waals surface area contributed by atoms with Crippen molar-refractivity contribution in [2.75, 3.05) is 11.9 Å². The van der Waals surface area contributed by atoms with Gasteiger partial charge >= 0.3 is 5.97 Å². The average Bonchev–Trinajstić information content (AvgIpc) is 2.62. The second kappa shape index (κ2) is 9.47. The number of esters is 1. The van der Waals surface area contributed by atoms with Crippen molar-refractivity contribution in [2.24, 2.45) is 0 Å². The van der Waals surface area contributed by atoms with Crippen LogP contribution in [-0.4, -0.2) is 32.9 Å². The highest BCUT2D eigenvalue weighted by molar-refractivity contribution is 9.10. The van der Waals surface area contributed by atoms with E-state index in [0.29, 0.717) is 10.0 Å². The van der Waals surface area contributed by atoms with Gasteiger partial charge in [0.1, 0.15) is 5.82 Å². The fourth-order valence-corrected chi connectivity index (χ4v) is 4.02. The number of ether oxygens (including phenoxy) is 1. The number of anilines is 1. The van der Waals surface area contributed by atoms with Gasteiger partial charge in [-0.25, -0.2) is 22.3 Å². The van der Waals surface area contributed by atoms with E-state index in [9.17, 15) is 22.4 Å². The van der Waals surface area contributed by atoms with Crippen molar-refractivity contribution in [3.63, 3.8) is 0 Å². The lowest BCUT2D eigenvalue weighted by Crippen LogP contribution is -2.30. The maximum atomic E-state index is 13.3. The molecule has 0 spiro atoms. The Balaban J connectivity index is 2.09. The molecular weight excluding hydrogens is 467 g/mol. The Morgan fingerprint density at radius 3 is 2.52 bits per heavy atom. The Kier molecular flexibility index (Phi) is 7.50. The predicted octanol–water partition coefficient (Wildman–Crippen LogP) is 3.38. The molecule has 1 amide bonds. The van der Waals surface area contributed by atoms with Crippen LogP contribution in [0.15, 0.2) is 45.8 Å². The average molecular weight is 487 g/mol. The molecule has 0 bridgehead atoms. The quantitative estimate of drug-likeness (QED) is 0.584. The van der Waals surface area contributed by atoms with Crippen LogP contribution in [-0.2, 0) is 19.6 Å². The zero-order valence-electron chi connectivity index (χ0n) is 16.0. The summed E-state index contributed by atoms with van der Waals surface area (Å²) in [7, 11) is -3.81. The van der Waals surface area contributed by atoms with E-state index in [4.69, 9.17) is 4.74 Å². The molecule has 0 heterocycles. The van der Waals surface area contributed by atoms with Gasteiger partial charge in [-0.15, -0.1) is 0 Å². The maximum Gasteiger partial charge on any atom is 0.339 e. The molecule has 156 valence electrons. The minimum absolute atomic E-state index is 0.0497. The van der Waals surface area contributed by atoms with Crippen LogP contribution >= 0.6 is 15.9 Å². The van der Waals surface area contributed by atoms with Crippen molar-refractivity contribution in [3.05, 3.63) is 57.8 Å². The van der Waals surface area contributed by atoms with Crippen molar-refractivity contribution in [2.45, 2.75) is 31.7 Å². The molecule has 7 nitrogen and oxygen atoms in total. The van der Waals surface area contributed by atoms with Crippen molar-refractivity contribution >= 4 is 43.5 Å². The first-order valence-electron chi connectivity index (χ1n) is 8.54. The standard InChI is InChI=1S/C19H20BrFN2O5S/c1-11(2)23-29(26,27)14-6-7-16(20)15(9-14)19(25)28-10-18(24)22-17-8-13(21)5-4-12(17)3/h4-9,11,23H,10H2,1-3H3,(H,22,24). The molecule has 2 aromatic rings. The van der Waals surface area contributed by atoms with E-state index in [1.54, 1.807) is 20.8 Å². The molecule has 0 saturated carbocycles. The fourth-order valence-electron chi connectivity index (χ4n) is 2.33. The maximum absolute atomic E-state index is 13.3. The van der Waals surface area contributed by atoms with Crippen LogP contribution in [0.1, 0.15) is 29.8 Å². The molecule has 2 N–H and O–H groups in total. The molecule has 0 aliphatic carbocycles. The number of aryl methyl sites for hydroxylation is 1. The van der Waals surface area contributed by atoms with Crippen LogP contribution in [0, 0.1) is 12.7 Å². The van der Waals surface area contributed by atoms with Gasteiger partial charge in [0.2, 0.25) is 10.0 Å². The SMILES string of the molecule is Cc1ccc(F)cc1NC(=O)COC(=O)c1cc(S(=O)(=O)NC(C)C)ccc1Br. The number of hydrogen-bond acceptors (Lipinski definition) is 5. The van der Waals surface area contributed by atoms with Gasteiger partial charge in [0.25, 0.3) is 5.91 Å². The van der Waals surface area contributed by atoms with Gasteiger partial charge in [-0.1, -0.05) is 6.07 Å². The Hall–Kier alpha value is -2.30. The van der Waals surface area contributed by atoms with Gasteiger partial charge in [0, 0.05) is 16.2 Å². The van der Waals surface area contributed by atoms with E-state index < -0.39 is 34.3 Å². The largest absolute Gasteiger partial charge is 0.452 e. The van der Waals surface area contributed by atoms with Gasteiger partial charge in [0.15, 0.2) is 6.61 Å². The summed E-state index contributed by atoms with van der Waals surface area (Å²) >= 11 is 3.17. The molecule has 10 heteroatoms. The summed E-state index contributed by atoms with van der Waals surface area (Å²) in [4.78, 5) is 24.2. The van der Waals surface area contributed by atoms with E-state index in [-0.39, 0.29) is 22.2 Å². The molecule has 2 aromatic carbocycles. The molecule has 0 aliphatic rings. The zero-order valence-corrected chi connectivity index (χ0v) is 18.4. The summed E-state index contributed by atoms with van der Waals surface area (Å²) in [6, 6.07) is 7.50. The van der Waals surface area contributed by atoms with Gasteiger partial charge in [-0.05, 0) is 72.6 Å². The molecule has 0 atom stereocenters. The van der Waals surface area contributed by atoms with Crippen molar-refractivity contribution in [1.82, 2.24) is 4.72 Å². The van der Waals surface area contributed by atoms with E-state index in [1.807, 2.05) is 0 Å². The minimum Gasteiger partial charge on any atom is -0.452 e. The highest BCUT2D eigenvalue weighted by Crippen LogP contribution is 2.22. The Bertz CT molecular complexity index is 1040. The predicted molar refractivity (Wildman–Crippen MR) is 110 cm³/mol. The normalized spacial score (nSPS) is 11.4. The number of benzene rings is 2. The van der Waals surface area contributed by atoms with Crippen LogP contribution < -0.4 is 10.0 Å². The molecule has 0 aliphatic heterocycles. The number of nitrogens with one attached hydrogen (secondary N) is 2. The Morgan fingerprint density at radius 2 is 1.86 bits per heavy atom. The van der Waals surface area contributed by atoms with Gasteiger partial charge in [0.05, 0.1) is 10.5 Å². The first-order chi connectivity index (χ1) is 13.5. The van der Waals surface area contributed by atoms with E-state index in [0.717, 1.165) is 12.1 Å². The zero-order chi connectivity index (χ0) is 21.8. The summed E-state index contributed by atoms with van der Waals surface area (Å²) in [5.74, 6) is -2.06. The third kappa shape index (κ3) is 6.34. The molecule has 0 unspecified atom stereocenters. The summed E-state index contributed by atoms with van der Waals surface area (Å²) < 4.78 is 45.6. The molecule has 0 saturated heterocycles. The number of hydrogen-bond donors (Lipinski definition) is 2. The van der Waals surface area contributed by atoms with E-state index in [1.165, 1.54) is 24.3 Å². The van der Waals surface area contributed by atoms with Crippen molar-refractivity contribution in [3.8, 4) is 0 Å². The molecule has 0 fully saturated rings. The van der Waals surface area contributed by atoms with Crippen LogP contribution in [0.25, 0.3) is 0 Å². The highest BCUT2D eigenvalue weighted by Gasteiger charge is 2.21. The van der Waals surface area contributed by atoms with Crippen LogP contribution in [0.3, 0.4) is 0 Å². The third-order valence-electron chi connectivity index (χ3n) is 3.67. The van der Waals surface area contributed by atoms with Crippen molar-refractivity contribution < 1.29 is 27.1 Å². The highest BCUT2D eigenvalue weighted by atomic mass is 79.9. The van der Waals surface area contributed by atoms with Gasteiger partial charge in [-0.2, -0.15) is 0 Å². The number of amides is 1. The molecule has 2 rings (SSSR count). The first-order valence-corrected chi connectivity index (χ1v) is 10.8.